The molecule has 1 aliphatic heterocycles. The van der Waals surface area contributed by atoms with Crippen LogP contribution in [0, 0.1) is 19.8 Å². The van der Waals surface area contributed by atoms with E-state index < -0.39 is 21.9 Å². The molecule has 21 heavy (non-hydrogen) atoms. The number of hydrogen-bond donors (Lipinski definition) is 1. The van der Waals surface area contributed by atoms with Gasteiger partial charge in [-0.25, -0.2) is 8.42 Å². The average molecular weight is 311 g/mol. The minimum Gasteiger partial charge on any atom is -0.481 e. The molecule has 6 heteroatoms. The lowest BCUT2D eigenvalue weighted by molar-refractivity contribution is -0.143. The van der Waals surface area contributed by atoms with E-state index in [0.717, 1.165) is 11.1 Å². The molecular formula is C15H21NO4S. The van der Waals surface area contributed by atoms with Crippen LogP contribution in [0.25, 0.3) is 0 Å². The van der Waals surface area contributed by atoms with Gasteiger partial charge in [0.05, 0.1) is 10.8 Å². The van der Waals surface area contributed by atoms with Crippen LogP contribution in [-0.2, 0) is 14.8 Å². The van der Waals surface area contributed by atoms with Crippen LogP contribution in [0.15, 0.2) is 23.1 Å². The molecule has 0 aliphatic carbocycles. The van der Waals surface area contributed by atoms with E-state index in [9.17, 15) is 13.2 Å². The van der Waals surface area contributed by atoms with Crippen LogP contribution in [0.1, 0.15) is 30.9 Å². The summed E-state index contributed by atoms with van der Waals surface area (Å²) in [6, 6.07) is 4.86. The lowest BCUT2D eigenvalue weighted by Gasteiger charge is -2.35. The zero-order valence-corrected chi connectivity index (χ0v) is 13.4. The van der Waals surface area contributed by atoms with E-state index in [-0.39, 0.29) is 17.5 Å². The molecule has 2 atom stereocenters. The molecule has 1 N–H and O–H groups in total. The third kappa shape index (κ3) is 3.11. The van der Waals surface area contributed by atoms with Gasteiger partial charge >= 0.3 is 5.97 Å². The van der Waals surface area contributed by atoms with Gasteiger partial charge in [-0.3, -0.25) is 4.79 Å². The van der Waals surface area contributed by atoms with Crippen molar-refractivity contribution in [1.82, 2.24) is 4.31 Å². The van der Waals surface area contributed by atoms with Gasteiger partial charge in [-0.15, -0.1) is 0 Å². The number of carboxylic acids is 1. The molecule has 1 saturated heterocycles. The topological polar surface area (TPSA) is 74.7 Å². The minimum absolute atomic E-state index is 0.0474. The van der Waals surface area contributed by atoms with Gasteiger partial charge in [-0.05, 0) is 56.9 Å². The second-order valence-electron chi connectivity index (χ2n) is 5.78. The standard InChI is InChI=1S/C15H21NO4S/c1-10-4-7-14(8-11(10)2)21(19,20)16-9-13(15(17)18)6-5-12(16)3/h4,7-8,12-13H,5-6,9H2,1-3H3,(H,17,18). The molecule has 0 radical (unpaired) electrons. The Morgan fingerprint density at radius 2 is 1.90 bits per heavy atom. The van der Waals surface area contributed by atoms with Crippen LogP contribution in [0.4, 0.5) is 0 Å². The molecule has 1 aliphatic rings. The first-order chi connectivity index (χ1) is 9.73. The molecule has 5 nitrogen and oxygen atoms in total. The maximum Gasteiger partial charge on any atom is 0.307 e. The first kappa shape index (κ1) is 16.0. The Hall–Kier alpha value is -1.40. The molecule has 1 aromatic rings. The molecule has 0 spiro atoms. The number of aliphatic carboxylic acids is 1. The van der Waals surface area contributed by atoms with Gasteiger partial charge in [-0.2, -0.15) is 4.31 Å². The lowest BCUT2D eigenvalue weighted by Crippen LogP contribution is -2.47. The molecule has 116 valence electrons. The van der Waals surface area contributed by atoms with Crippen molar-refractivity contribution in [3.05, 3.63) is 29.3 Å². The zero-order chi connectivity index (χ0) is 15.8. The van der Waals surface area contributed by atoms with Crippen molar-refractivity contribution < 1.29 is 18.3 Å². The van der Waals surface area contributed by atoms with Gasteiger partial charge in [0.15, 0.2) is 0 Å². The van der Waals surface area contributed by atoms with Gasteiger partial charge in [0.25, 0.3) is 0 Å². The van der Waals surface area contributed by atoms with E-state index in [0.29, 0.717) is 12.8 Å². The lowest BCUT2D eigenvalue weighted by atomic mass is 9.96. The highest BCUT2D eigenvalue weighted by Crippen LogP contribution is 2.29. The Morgan fingerprint density at radius 1 is 1.24 bits per heavy atom. The van der Waals surface area contributed by atoms with Gasteiger partial charge in [0.1, 0.15) is 0 Å². The highest BCUT2D eigenvalue weighted by molar-refractivity contribution is 7.89. The SMILES string of the molecule is Cc1ccc(S(=O)(=O)N2CC(C(=O)O)CCC2C)cc1C. The number of nitrogens with zero attached hydrogens (tertiary/aromatic N) is 1. The van der Waals surface area contributed by atoms with Gasteiger partial charge in [0, 0.05) is 12.6 Å². The summed E-state index contributed by atoms with van der Waals surface area (Å²) in [5.41, 5.74) is 1.94. The van der Waals surface area contributed by atoms with Crippen molar-refractivity contribution in [2.75, 3.05) is 6.54 Å². The Bertz CT molecular complexity index is 654. The number of aryl methyl sites for hydroxylation is 2. The van der Waals surface area contributed by atoms with E-state index in [1.54, 1.807) is 18.2 Å². The van der Waals surface area contributed by atoms with Crippen molar-refractivity contribution in [1.29, 1.82) is 0 Å². The number of carbonyl (C=O) groups is 1. The second kappa shape index (κ2) is 5.77. The monoisotopic (exact) mass is 311 g/mol. The van der Waals surface area contributed by atoms with Crippen molar-refractivity contribution >= 4 is 16.0 Å². The van der Waals surface area contributed by atoms with Crippen LogP contribution < -0.4 is 0 Å². The van der Waals surface area contributed by atoms with E-state index >= 15 is 0 Å². The first-order valence-corrected chi connectivity index (χ1v) is 8.49. The Labute approximate surface area is 125 Å². The summed E-state index contributed by atoms with van der Waals surface area (Å²) in [6.45, 7) is 5.67. The molecule has 0 saturated carbocycles. The number of hydrogen-bond acceptors (Lipinski definition) is 3. The number of rotatable bonds is 3. The summed E-state index contributed by atoms with van der Waals surface area (Å²) in [5.74, 6) is -1.55. The molecule has 0 amide bonds. The Morgan fingerprint density at radius 3 is 2.48 bits per heavy atom. The van der Waals surface area contributed by atoms with Crippen LogP contribution in [0.5, 0.6) is 0 Å². The van der Waals surface area contributed by atoms with E-state index in [4.69, 9.17) is 5.11 Å². The number of benzene rings is 1. The van der Waals surface area contributed by atoms with Crippen LogP contribution in [-0.4, -0.2) is 36.4 Å². The predicted molar refractivity (Wildman–Crippen MR) is 79.6 cm³/mol. The summed E-state index contributed by atoms with van der Waals surface area (Å²) >= 11 is 0. The van der Waals surface area contributed by atoms with Gasteiger partial charge in [0.2, 0.25) is 10.0 Å². The van der Waals surface area contributed by atoms with E-state index in [1.165, 1.54) is 4.31 Å². The second-order valence-corrected chi connectivity index (χ2v) is 7.67. The summed E-state index contributed by atoms with van der Waals surface area (Å²) in [4.78, 5) is 11.4. The van der Waals surface area contributed by atoms with Crippen molar-refractivity contribution in [2.24, 2.45) is 5.92 Å². The largest absolute Gasteiger partial charge is 0.481 e. The molecule has 1 heterocycles. The normalized spacial score (nSPS) is 24.0. The summed E-state index contributed by atoms with van der Waals surface area (Å²) in [5, 5.41) is 9.14. The van der Waals surface area contributed by atoms with Crippen molar-refractivity contribution in [2.45, 2.75) is 44.6 Å². The minimum atomic E-state index is -3.65. The zero-order valence-electron chi connectivity index (χ0n) is 12.5. The number of sulfonamides is 1. The summed E-state index contributed by atoms with van der Waals surface area (Å²) < 4.78 is 26.9. The predicted octanol–water partition coefficient (Wildman–Crippen LogP) is 2.18. The third-order valence-corrected chi connectivity index (χ3v) is 6.24. The van der Waals surface area contributed by atoms with Crippen molar-refractivity contribution in [3.63, 3.8) is 0 Å². The molecule has 0 aromatic heterocycles. The quantitative estimate of drug-likeness (QED) is 0.928. The maximum atomic E-state index is 12.8. The smallest absolute Gasteiger partial charge is 0.307 e. The molecule has 0 bridgehead atoms. The molecular weight excluding hydrogens is 290 g/mol. The van der Waals surface area contributed by atoms with Crippen LogP contribution >= 0.6 is 0 Å². The summed E-state index contributed by atoms with van der Waals surface area (Å²) in [7, 11) is -3.65. The van der Waals surface area contributed by atoms with Crippen molar-refractivity contribution in [3.8, 4) is 0 Å². The summed E-state index contributed by atoms with van der Waals surface area (Å²) in [6.07, 6.45) is 1.09. The van der Waals surface area contributed by atoms with Gasteiger partial charge < -0.3 is 5.11 Å². The molecule has 2 rings (SSSR count). The van der Waals surface area contributed by atoms with Crippen LogP contribution in [0.3, 0.4) is 0 Å². The highest BCUT2D eigenvalue weighted by atomic mass is 32.2. The van der Waals surface area contributed by atoms with E-state index in [2.05, 4.69) is 0 Å². The average Bonchev–Trinajstić information content (AvgIpc) is 2.41. The molecule has 1 fully saturated rings. The first-order valence-electron chi connectivity index (χ1n) is 7.05. The van der Waals surface area contributed by atoms with Crippen LogP contribution in [0.2, 0.25) is 0 Å². The fraction of sp³-hybridized carbons (Fsp3) is 0.533. The molecule has 1 aromatic carbocycles. The fourth-order valence-electron chi connectivity index (χ4n) is 2.62. The van der Waals surface area contributed by atoms with Gasteiger partial charge in [-0.1, -0.05) is 6.07 Å². The Balaban J connectivity index is 2.36. The molecule has 2 unspecified atom stereocenters. The Kier molecular flexibility index (Phi) is 4.39. The third-order valence-electron chi connectivity index (χ3n) is 4.26. The number of carboxylic acid groups (broad SMARTS) is 1. The number of piperidine rings is 1. The highest BCUT2D eigenvalue weighted by Gasteiger charge is 2.37. The fourth-order valence-corrected chi connectivity index (χ4v) is 4.41. The maximum absolute atomic E-state index is 12.8. The van der Waals surface area contributed by atoms with E-state index in [1.807, 2.05) is 20.8 Å².